The average Bonchev–Trinajstić information content (AvgIpc) is 2.30. The van der Waals surface area contributed by atoms with Crippen LogP contribution >= 0.6 is 0 Å². The summed E-state index contributed by atoms with van der Waals surface area (Å²) in [5, 5.41) is 0. The Morgan fingerprint density at radius 1 is 0.947 bits per heavy atom. The fraction of sp³-hybridized carbons (Fsp3) is 0.400. The van der Waals surface area contributed by atoms with E-state index in [2.05, 4.69) is 0 Å². The quantitative estimate of drug-likeness (QED) is 0.818. The maximum atomic E-state index is 11.4. The van der Waals surface area contributed by atoms with Crippen molar-refractivity contribution in [1.82, 2.24) is 0 Å². The Kier molecular flexibility index (Phi) is 5.42. The molecular weight excluding hydrogens is 242 g/mol. The predicted octanol–water partition coefficient (Wildman–Crippen LogP) is 2.50. The highest BCUT2D eigenvalue weighted by Gasteiger charge is 2.15. The second-order valence-electron chi connectivity index (χ2n) is 4.60. The molecule has 0 saturated heterocycles. The number of amides is 2. The summed E-state index contributed by atoms with van der Waals surface area (Å²) in [6, 6.07) is 7.28. The molecule has 0 aliphatic heterocycles. The van der Waals surface area contributed by atoms with Crippen LogP contribution in [0, 0.1) is 0 Å². The first-order chi connectivity index (χ1) is 8.91. The third-order valence-corrected chi connectivity index (χ3v) is 2.82. The standard InChI is InChI=1S/C15H19NO3/c1-11(17)5-4-6-14-7-9-15(10-8-14)16(12(2)18)13(3)19/h7-10H,4-6H2,1-3H3. The summed E-state index contributed by atoms with van der Waals surface area (Å²) in [6.07, 6.45) is 2.21. The van der Waals surface area contributed by atoms with Crippen LogP contribution in [0.3, 0.4) is 0 Å². The second-order valence-corrected chi connectivity index (χ2v) is 4.60. The summed E-state index contributed by atoms with van der Waals surface area (Å²) in [6.45, 7) is 4.31. The van der Waals surface area contributed by atoms with Gasteiger partial charge >= 0.3 is 0 Å². The Balaban J connectivity index is 2.72. The number of anilines is 1. The van der Waals surface area contributed by atoms with Gasteiger partial charge in [0, 0.05) is 20.3 Å². The van der Waals surface area contributed by atoms with Crippen molar-refractivity contribution in [3.05, 3.63) is 29.8 Å². The van der Waals surface area contributed by atoms with Gasteiger partial charge in [-0.25, -0.2) is 0 Å². The lowest BCUT2D eigenvalue weighted by Gasteiger charge is -2.17. The highest BCUT2D eigenvalue weighted by Crippen LogP contribution is 2.17. The van der Waals surface area contributed by atoms with Gasteiger partial charge in [0.2, 0.25) is 11.8 Å². The molecular formula is C15H19NO3. The third kappa shape index (κ3) is 4.66. The first kappa shape index (κ1) is 15.1. The van der Waals surface area contributed by atoms with Crippen LogP contribution in [0.15, 0.2) is 24.3 Å². The number of rotatable bonds is 5. The van der Waals surface area contributed by atoms with Gasteiger partial charge in [0.15, 0.2) is 0 Å². The molecule has 0 atom stereocenters. The molecule has 102 valence electrons. The topological polar surface area (TPSA) is 54.5 Å². The number of Topliss-reactive ketones (excluding diaryl/α,β-unsaturated/α-hetero) is 1. The largest absolute Gasteiger partial charge is 0.300 e. The van der Waals surface area contributed by atoms with Crippen LogP contribution in [0.5, 0.6) is 0 Å². The van der Waals surface area contributed by atoms with E-state index in [1.165, 1.54) is 13.8 Å². The lowest BCUT2D eigenvalue weighted by molar-refractivity contribution is -0.124. The van der Waals surface area contributed by atoms with Crippen LogP contribution in [0.1, 0.15) is 39.2 Å². The number of nitrogens with zero attached hydrogens (tertiary/aromatic N) is 1. The zero-order chi connectivity index (χ0) is 14.4. The molecule has 0 saturated carbocycles. The van der Waals surface area contributed by atoms with Gasteiger partial charge < -0.3 is 4.79 Å². The molecule has 19 heavy (non-hydrogen) atoms. The summed E-state index contributed by atoms with van der Waals surface area (Å²) < 4.78 is 0. The Morgan fingerprint density at radius 2 is 1.47 bits per heavy atom. The third-order valence-electron chi connectivity index (χ3n) is 2.82. The molecule has 0 heterocycles. The van der Waals surface area contributed by atoms with Gasteiger partial charge in [-0.1, -0.05) is 12.1 Å². The van der Waals surface area contributed by atoms with E-state index in [1.807, 2.05) is 12.1 Å². The van der Waals surface area contributed by atoms with Crippen LogP contribution in [0.25, 0.3) is 0 Å². The van der Waals surface area contributed by atoms with Crippen LogP contribution in [-0.4, -0.2) is 17.6 Å². The second kappa shape index (κ2) is 6.83. The molecule has 0 aliphatic rings. The molecule has 0 unspecified atom stereocenters. The van der Waals surface area contributed by atoms with Crippen molar-refractivity contribution in [1.29, 1.82) is 0 Å². The summed E-state index contributed by atoms with van der Waals surface area (Å²) in [7, 11) is 0. The number of hydrogen-bond donors (Lipinski definition) is 0. The molecule has 0 bridgehead atoms. The highest BCUT2D eigenvalue weighted by atomic mass is 16.2. The van der Waals surface area contributed by atoms with E-state index >= 15 is 0 Å². The van der Waals surface area contributed by atoms with Crippen LogP contribution in [0.4, 0.5) is 5.69 Å². The molecule has 1 rings (SSSR count). The summed E-state index contributed by atoms with van der Waals surface area (Å²) in [5.74, 6) is -0.399. The number of aryl methyl sites for hydroxylation is 1. The van der Waals surface area contributed by atoms with Gasteiger partial charge in [-0.15, -0.1) is 0 Å². The summed E-state index contributed by atoms with van der Waals surface area (Å²) >= 11 is 0. The minimum absolute atomic E-state index is 0.191. The number of carbonyl (C=O) groups is 3. The van der Waals surface area contributed by atoms with Gasteiger partial charge in [0.25, 0.3) is 0 Å². The van der Waals surface area contributed by atoms with Crippen molar-refractivity contribution in [2.75, 3.05) is 4.90 Å². The summed E-state index contributed by atoms with van der Waals surface area (Å²) in [5.41, 5.74) is 1.67. The van der Waals surface area contributed by atoms with Crippen LogP contribution < -0.4 is 4.90 Å². The van der Waals surface area contributed by atoms with E-state index in [-0.39, 0.29) is 17.6 Å². The van der Waals surface area contributed by atoms with Crippen molar-refractivity contribution < 1.29 is 14.4 Å². The molecule has 0 aromatic heterocycles. The van der Waals surface area contributed by atoms with Gasteiger partial charge in [0.05, 0.1) is 5.69 Å². The van der Waals surface area contributed by atoms with Crippen molar-refractivity contribution in [2.45, 2.75) is 40.0 Å². The molecule has 1 aromatic rings. The smallest absolute Gasteiger partial charge is 0.230 e. The van der Waals surface area contributed by atoms with Gasteiger partial charge in [-0.2, -0.15) is 0 Å². The Labute approximate surface area is 113 Å². The molecule has 0 radical (unpaired) electrons. The van der Waals surface area contributed by atoms with Crippen molar-refractivity contribution >= 4 is 23.3 Å². The van der Waals surface area contributed by atoms with E-state index in [9.17, 15) is 14.4 Å². The molecule has 0 fully saturated rings. The molecule has 0 aliphatic carbocycles. The number of hydrogen-bond acceptors (Lipinski definition) is 3. The van der Waals surface area contributed by atoms with E-state index in [0.717, 1.165) is 23.3 Å². The van der Waals surface area contributed by atoms with E-state index in [0.29, 0.717) is 12.1 Å². The Morgan fingerprint density at radius 3 is 1.89 bits per heavy atom. The normalized spacial score (nSPS) is 10.1. The predicted molar refractivity (Wildman–Crippen MR) is 73.9 cm³/mol. The number of imide groups is 1. The lowest BCUT2D eigenvalue weighted by atomic mass is 10.1. The van der Waals surface area contributed by atoms with Crippen molar-refractivity contribution in [3.63, 3.8) is 0 Å². The highest BCUT2D eigenvalue weighted by molar-refractivity contribution is 6.13. The van der Waals surface area contributed by atoms with Crippen molar-refractivity contribution in [2.24, 2.45) is 0 Å². The maximum absolute atomic E-state index is 11.4. The zero-order valence-corrected chi connectivity index (χ0v) is 11.6. The monoisotopic (exact) mass is 261 g/mol. The van der Waals surface area contributed by atoms with E-state index < -0.39 is 0 Å². The number of benzene rings is 1. The van der Waals surface area contributed by atoms with Crippen LogP contribution in [0.2, 0.25) is 0 Å². The van der Waals surface area contributed by atoms with Gasteiger partial charge in [-0.05, 0) is 37.5 Å². The molecule has 4 nitrogen and oxygen atoms in total. The van der Waals surface area contributed by atoms with E-state index in [1.54, 1.807) is 19.1 Å². The lowest BCUT2D eigenvalue weighted by Crippen LogP contribution is -2.32. The number of ketones is 1. The Hall–Kier alpha value is -1.97. The van der Waals surface area contributed by atoms with Gasteiger partial charge in [0.1, 0.15) is 5.78 Å². The zero-order valence-electron chi connectivity index (χ0n) is 11.6. The Bertz CT molecular complexity index is 463. The van der Waals surface area contributed by atoms with Crippen molar-refractivity contribution in [3.8, 4) is 0 Å². The maximum Gasteiger partial charge on any atom is 0.230 e. The molecule has 0 N–H and O–H groups in total. The SMILES string of the molecule is CC(=O)CCCc1ccc(N(C(C)=O)C(C)=O)cc1. The van der Waals surface area contributed by atoms with E-state index in [4.69, 9.17) is 0 Å². The molecule has 2 amide bonds. The first-order valence-electron chi connectivity index (χ1n) is 6.31. The minimum Gasteiger partial charge on any atom is -0.300 e. The molecule has 4 heteroatoms. The van der Waals surface area contributed by atoms with Crippen LogP contribution in [-0.2, 0) is 20.8 Å². The average molecular weight is 261 g/mol. The van der Waals surface area contributed by atoms with Gasteiger partial charge in [-0.3, -0.25) is 14.5 Å². The first-order valence-corrected chi connectivity index (χ1v) is 6.31. The minimum atomic E-state index is -0.295. The fourth-order valence-corrected chi connectivity index (χ4v) is 1.94. The fourth-order valence-electron chi connectivity index (χ4n) is 1.94. The number of carbonyl (C=O) groups excluding carboxylic acids is 3. The molecule has 1 aromatic carbocycles. The molecule has 0 spiro atoms. The summed E-state index contributed by atoms with van der Waals surface area (Å²) in [4.78, 5) is 34.8.